The van der Waals surface area contributed by atoms with Gasteiger partial charge in [-0.3, -0.25) is 0 Å². The number of methoxy groups -OCH3 is 1. The molecule has 0 spiro atoms. The van der Waals surface area contributed by atoms with Gasteiger partial charge in [0.2, 0.25) is 10.0 Å². The van der Waals surface area contributed by atoms with Crippen LogP contribution in [0.1, 0.15) is 5.56 Å². The van der Waals surface area contributed by atoms with Gasteiger partial charge in [0, 0.05) is 19.8 Å². The molecule has 0 amide bonds. The van der Waals surface area contributed by atoms with Gasteiger partial charge in [-0.15, -0.1) is 0 Å². The summed E-state index contributed by atoms with van der Waals surface area (Å²) in [6, 6.07) is 10.2. The fourth-order valence-electron chi connectivity index (χ4n) is 1.84. The van der Waals surface area contributed by atoms with Crippen molar-refractivity contribution in [2.45, 2.75) is 11.4 Å². The molecule has 0 aliphatic rings. The minimum atomic E-state index is -3.60. The number of sulfonamides is 1. The SMILES string of the molecule is COc1cccc(CN(C)S(=O)(=O)c2ccc(N)nc2)c1. The highest BCUT2D eigenvalue weighted by molar-refractivity contribution is 7.89. The third-order valence-corrected chi connectivity index (χ3v) is 4.79. The Morgan fingerprint density at radius 3 is 2.67 bits per heavy atom. The van der Waals surface area contributed by atoms with Crippen LogP contribution in [0.2, 0.25) is 0 Å². The smallest absolute Gasteiger partial charge is 0.244 e. The predicted octanol–water partition coefficient (Wildman–Crippen LogP) is 1.49. The zero-order chi connectivity index (χ0) is 15.5. The summed E-state index contributed by atoms with van der Waals surface area (Å²) < 4.78 is 31.2. The topological polar surface area (TPSA) is 85.5 Å². The van der Waals surface area contributed by atoms with Crippen LogP contribution in [-0.2, 0) is 16.6 Å². The van der Waals surface area contributed by atoms with E-state index < -0.39 is 10.0 Å². The molecule has 0 saturated carbocycles. The highest BCUT2D eigenvalue weighted by Crippen LogP contribution is 2.19. The molecule has 2 rings (SSSR count). The van der Waals surface area contributed by atoms with Crippen molar-refractivity contribution < 1.29 is 13.2 Å². The predicted molar refractivity (Wildman–Crippen MR) is 80.3 cm³/mol. The Balaban J connectivity index is 2.22. The molecule has 1 heterocycles. The van der Waals surface area contributed by atoms with E-state index in [-0.39, 0.29) is 17.3 Å². The van der Waals surface area contributed by atoms with Crippen molar-refractivity contribution in [2.75, 3.05) is 19.9 Å². The van der Waals surface area contributed by atoms with Crippen LogP contribution in [0.3, 0.4) is 0 Å². The minimum Gasteiger partial charge on any atom is -0.497 e. The Bertz CT molecular complexity index is 714. The number of pyridine rings is 1. The Morgan fingerprint density at radius 2 is 2.05 bits per heavy atom. The van der Waals surface area contributed by atoms with Crippen LogP contribution in [0.4, 0.5) is 5.82 Å². The lowest BCUT2D eigenvalue weighted by Gasteiger charge is -2.17. The molecule has 0 aliphatic heterocycles. The van der Waals surface area contributed by atoms with Gasteiger partial charge in [0.05, 0.1) is 7.11 Å². The van der Waals surface area contributed by atoms with Crippen molar-refractivity contribution >= 4 is 15.8 Å². The highest BCUT2D eigenvalue weighted by Gasteiger charge is 2.21. The number of aromatic nitrogens is 1. The van der Waals surface area contributed by atoms with E-state index in [0.29, 0.717) is 5.75 Å². The third-order valence-electron chi connectivity index (χ3n) is 3.01. The Hall–Kier alpha value is -2.12. The molecule has 1 aromatic carbocycles. The average Bonchev–Trinajstić information content (AvgIpc) is 2.48. The van der Waals surface area contributed by atoms with Gasteiger partial charge in [-0.25, -0.2) is 13.4 Å². The third kappa shape index (κ3) is 3.50. The summed E-state index contributed by atoms with van der Waals surface area (Å²) in [7, 11) is -0.511. The first kappa shape index (κ1) is 15.3. The zero-order valence-corrected chi connectivity index (χ0v) is 12.7. The first-order chi connectivity index (χ1) is 9.93. The summed E-state index contributed by atoms with van der Waals surface area (Å²) in [6.07, 6.45) is 1.26. The number of nitrogens with zero attached hydrogens (tertiary/aromatic N) is 2. The molecule has 21 heavy (non-hydrogen) atoms. The van der Waals surface area contributed by atoms with Gasteiger partial charge in [0.1, 0.15) is 16.5 Å². The van der Waals surface area contributed by atoms with E-state index in [1.807, 2.05) is 18.2 Å². The maximum Gasteiger partial charge on any atom is 0.244 e. The number of rotatable bonds is 5. The van der Waals surface area contributed by atoms with Crippen molar-refractivity contribution in [2.24, 2.45) is 0 Å². The number of nitrogen functional groups attached to an aromatic ring is 1. The van der Waals surface area contributed by atoms with Gasteiger partial charge >= 0.3 is 0 Å². The molecular formula is C14H17N3O3S. The van der Waals surface area contributed by atoms with E-state index in [9.17, 15) is 8.42 Å². The van der Waals surface area contributed by atoms with Gasteiger partial charge in [-0.05, 0) is 29.8 Å². The number of hydrogen-bond donors (Lipinski definition) is 1. The van der Waals surface area contributed by atoms with Crippen LogP contribution in [-0.4, -0.2) is 31.9 Å². The summed E-state index contributed by atoms with van der Waals surface area (Å²) in [5, 5.41) is 0. The molecule has 0 unspecified atom stereocenters. The molecule has 0 radical (unpaired) electrons. The summed E-state index contributed by atoms with van der Waals surface area (Å²) in [6.45, 7) is 0.240. The molecule has 0 aliphatic carbocycles. The number of nitrogens with two attached hydrogens (primary N) is 1. The van der Waals surface area contributed by atoms with E-state index in [4.69, 9.17) is 10.5 Å². The summed E-state index contributed by atoms with van der Waals surface area (Å²) in [4.78, 5) is 3.93. The van der Waals surface area contributed by atoms with Crippen LogP contribution in [0.25, 0.3) is 0 Å². The second kappa shape index (κ2) is 6.11. The normalized spacial score (nSPS) is 11.6. The number of benzene rings is 1. The minimum absolute atomic E-state index is 0.113. The molecule has 7 heteroatoms. The standard InChI is InChI=1S/C14H17N3O3S/c1-17(10-11-4-3-5-12(8-11)20-2)21(18,19)13-6-7-14(15)16-9-13/h3-9H,10H2,1-2H3,(H2,15,16). The van der Waals surface area contributed by atoms with Gasteiger partial charge in [-0.1, -0.05) is 12.1 Å². The van der Waals surface area contributed by atoms with Gasteiger partial charge in [-0.2, -0.15) is 4.31 Å². The second-order valence-corrected chi connectivity index (χ2v) is 6.58. The Morgan fingerprint density at radius 1 is 1.29 bits per heavy atom. The van der Waals surface area contributed by atoms with Crippen molar-refractivity contribution in [3.05, 3.63) is 48.2 Å². The number of ether oxygens (including phenoxy) is 1. The number of anilines is 1. The van der Waals surface area contributed by atoms with Gasteiger partial charge < -0.3 is 10.5 Å². The molecule has 2 N–H and O–H groups in total. The first-order valence-electron chi connectivity index (χ1n) is 6.24. The molecular weight excluding hydrogens is 290 g/mol. The van der Waals surface area contributed by atoms with Crippen LogP contribution >= 0.6 is 0 Å². The molecule has 112 valence electrons. The Labute approximate surface area is 124 Å². The maximum atomic E-state index is 12.4. The molecule has 0 fully saturated rings. The van der Waals surface area contributed by atoms with Crippen LogP contribution in [0.15, 0.2) is 47.5 Å². The molecule has 0 saturated heterocycles. The Kier molecular flexibility index (Phi) is 4.44. The lowest BCUT2D eigenvalue weighted by atomic mass is 10.2. The molecule has 6 nitrogen and oxygen atoms in total. The highest BCUT2D eigenvalue weighted by atomic mass is 32.2. The molecule has 2 aromatic rings. The average molecular weight is 307 g/mol. The van der Waals surface area contributed by atoms with Crippen molar-refractivity contribution in [1.82, 2.24) is 9.29 Å². The van der Waals surface area contributed by atoms with Gasteiger partial charge in [0.15, 0.2) is 0 Å². The second-order valence-electron chi connectivity index (χ2n) is 4.53. The van der Waals surface area contributed by atoms with E-state index in [1.54, 1.807) is 13.2 Å². The molecule has 0 bridgehead atoms. The van der Waals surface area contributed by atoms with Crippen molar-refractivity contribution in [1.29, 1.82) is 0 Å². The van der Waals surface area contributed by atoms with Crippen molar-refractivity contribution in [3.8, 4) is 5.75 Å². The van der Waals surface area contributed by atoms with E-state index in [1.165, 1.54) is 29.7 Å². The van der Waals surface area contributed by atoms with Crippen LogP contribution in [0, 0.1) is 0 Å². The van der Waals surface area contributed by atoms with E-state index in [0.717, 1.165) is 5.56 Å². The lowest BCUT2D eigenvalue weighted by Crippen LogP contribution is -2.26. The van der Waals surface area contributed by atoms with Gasteiger partial charge in [0.25, 0.3) is 0 Å². The quantitative estimate of drug-likeness (QED) is 0.904. The fraction of sp³-hybridized carbons (Fsp3) is 0.214. The zero-order valence-electron chi connectivity index (χ0n) is 11.9. The fourth-order valence-corrected chi connectivity index (χ4v) is 2.94. The largest absolute Gasteiger partial charge is 0.497 e. The summed E-state index contributed by atoms with van der Waals surface area (Å²) in [5.74, 6) is 0.969. The summed E-state index contributed by atoms with van der Waals surface area (Å²) in [5.41, 5.74) is 6.31. The monoisotopic (exact) mass is 307 g/mol. The van der Waals surface area contributed by atoms with E-state index in [2.05, 4.69) is 4.98 Å². The lowest BCUT2D eigenvalue weighted by molar-refractivity contribution is 0.412. The van der Waals surface area contributed by atoms with Crippen LogP contribution in [0.5, 0.6) is 5.75 Å². The molecule has 0 atom stereocenters. The van der Waals surface area contributed by atoms with E-state index >= 15 is 0 Å². The first-order valence-corrected chi connectivity index (χ1v) is 7.68. The van der Waals surface area contributed by atoms with Crippen molar-refractivity contribution in [3.63, 3.8) is 0 Å². The summed E-state index contributed by atoms with van der Waals surface area (Å²) >= 11 is 0. The molecule has 1 aromatic heterocycles. The number of hydrogen-bond acceptors (Lipinski definition) is 5. The van der Waals surface area contributed by atoms with Crippen LogP contribution < -0.4 is 10.5 Å². The maximum absolute atomic E-state index is 12.4.